The van der Waals surface area contributed by atoms with Crippen LogP contribution in [0.4, 0.5) is 5.69 Å². The predicted molar refractivity (Wildman–Crippen MR) is 66.7 cm³/mol. The normalized spacial score (nSPS) is 23.8. The number of non-ortho nitro benzene ring substituents is 1. The van der Waals surface area contributed by atoms with Gasteiger partial charge in [-0.25, -0.2) is 0 Å². The van der Waals surface area contributed by atoms with E-state index in [-0.39, 0.29) is 10.6 Å². The van der Waals surface area contributed by atoms with Gasteiger partial charge in [-0.15, -0.1) is 0 Å². The molecule has 1 aliphatic carbocycles. The number of rotatable bonds is 4. The lowest BCUT2D eigenvalue weighted by atomic mass is 10.1. The maximum Gasteiger partial charge on any atom is 0.269 e. The fraction of sp³-hybridized carbons (Fsp3) is 0.538. The summed E-state index contributed by atoms with van der Waals surface area (Å²) in [5.41, 5.74) is 1.15. The van der Waals surface area contributed by atoms with Crippen molar-refractivity contribution in [1.29, 1.82) is 0 Å². The molecule has 1 aromatic carbocycles. The van der Waals surface area contributed by atoms with E-state index < -0.39 is 0 Å². The molecule has 1 N–H and O–H groups in total. The van der Waals surface area contributed by atoms with E-state index in [1.807, 2.05) is 6.07 Å². The molecule has 1 aromatic rings. The summed E-state index contributed by atoms with van der Waals surface area (Å²) in [7, 11) is 0. The van der Waals surface area contributed by atoms with Crippen molar-refractivity contribution < 1.29 is 4.92 Å². The monoisotopic (exact) mass is 234 g/mol. The summed E-state index contributed by atoms with van der Waals surface area (Å²) in [5.74, 6) is 0.716. The molecular weight excluding hydrogens is 216 g/mol. The van der Waals surface area contributed by atoms with Crippen LogP contribution in [-0.2, 0) is 6.54 Å². The number of nitro groups is 1. The average Bonchev–Trinajstić information content (AvgIpc) is 2.72. The Morgan fingerprint density at radius 1 is 1.47 bits per heavy atom. The first-order valence-corrected chi connectivity index (χ1v) is 6.13. The minimum atomic E-state index is -0.346. The molecule has 17 heavy (non-hydrogen) atoms. The van der Waals surface area contributed by atoms with Crippen molar-refractivity contribution in [2.24, 2.45) is 5.92 Å². The summed E-state index contributed by atoms with van der Waals surface area (Å²) >= 11 is 0. The summed E-state index contributed by atoms with van der Waals surface area (Å²) in [6.07, 6.45) is 3.79. The van der Waals surface area contributed by atoms with Crippen LogP contribution in [0.2, 0.25) is 0 Å². The van der Waals surface area contributed by atoms with Crippen LogP contribution in [0.3, 0.4) is 0 Å². The van der Waals surface area contributed by atoms with Crippen molar-refractivity contribution in [3.8, 4) is 0 Å². The largest absolute Gasteiger partial charge is 0.310 e. The van der Waals surface area contributed by atoms with Gasteiger partial charge in [0.05, 0.1) is 4.92 Å². The quantitative estimate of drug-likeness (QED) is 0.643. The second-order valence-corrected chi connectivity index (χ2v) is 4.82. The molecule has 4 heteroatoms. The molecule has 0 aromatic heterocycles. The molecule has 0 spiro atoms. The van der Waals surface area contributed by atoms with Gasteiger partial charge in [0.25, 0.3) is 5.69 Å². The van der Waals surface area contributed by atoms with E-state index in [1.54, 1.807) is 12.1 Å². The van der Waals surface area contributed by atoms with E-state index in [0.29, 0.717) is 12.0 Å². The van der Waals surface area contributed by atoms with Gasteiger partial charge in [-0.05, 0) is 24.3 Å². The number of nitrogens with one attached hydrogen (secondary N) is 1. The van der Waals surface area contributed by atoms with Gasteiger partial charge in [-0.3, -0.25) is 10.1 Å². The molecule has 2 unspecified atom stereocenters. The Bertz CT molecular complexity index is 406. The maximum atomic E-state index is 10.7. The van der Waals surface area contributed by atoms with E-state index >= 15 is 0 Å². The zero-order chi connectivity index (χ0) is 12.3. The Morgan fingerprint density at radius 3 is 2.94 bits per heavy atom. The zero-order valence-electron chi connectivity index (χ0n) is 10.1. The molecule has 0 aliphatic heterocycles. The lowest BCUT2D eigenvalue weighted by Gasteiger charge is -2.17. The molecule has 0 amide bonds. The summed E-state index contributed by atoms with van der Waals surface area (Å²) in [5, 5.41) is 14.1. The molecule has 4 nitrogen and oxygen atoms in total. The summed E-state index contributed by atoms with van der Waals surface area (Å²) < 4.78 is 0. The highest BCUT2D eigenvalue weighted by molar-refractivity contribution is 5.34. The van der Waals surface area contributed by atoms with Crippen LogP contribution < -0.4 is 5.32 Å². The fourth-order valence-electron chi connectivity index (χ4n) is 2.48. The van der Waals surface area contributed by atoms with Crippen LogP contribution in [0.15, 0.2) is 24.3 Å². The van der Waals surface area contributed by atoms with Gasteiger partial charge >= 0.3 is 0 Å². The van der Waals surface area contributed by atoms with Crippen LogP contribution in [0.5, 0.6) is 0 Å². The minimum absolute atomic E-state index is 0.170. The Hall–Kier alpha value is -1.42. The van der Waals surface area contributed by atoms with E-state index in [1.165, 1.54) is 25.3 Å². The Balaban J connectivity index is 1.94. The van der Waals surface area contributed by atoms with Crippen molar-refractivity contribution in [3.05, 3.63) is 39.9 Å². The van der Waals surface area contributed by atoms with Gasteiger partial charge in [0.1, 0.15) is 0 Å². The number of benzene rings is 1. The molecule has 1 fully saturated rings. The van der Waals surface area contributed by atoms with E-state index in [9.17, 15) is 10.1 Å². The number of nitro benzene ring substituents is 1. The molecule has 0 heterocycles. The Kier molecular flexibility index (Phi) is 3.74. The molecule has 0 bridgehead atoms. The summed E-state index contributed by atoms with van der Waals surface area (Å²) in [6.45, 7) is 2.98. The van der Waals surface area contributed by atoms with E-state index in [4.69, 9.17) is 0 Å². The number of hydrogen-bond acceptors (Lipinski definition) is 3. The third-order valence-corrected chi connectivity index (χ3v) is 3.55. The van der Waals surface area contributed by atoms with Gasteiger partial charge in [0, 0.05) is 24.7 Å². The third-order valence-electron chi connectivity index (χ3n) is 3.55. The van der Waals surface area contributed by atoms with Gasteiger partial charge in [-0.2, -0.15) is 0 Å². The maximum absolute atomic E-state index is 10.7. The second kappa shape index (κ2) is 5.27. The fourth-order valence-corrected chi connectivity index (χ4v) is 2.48. The molecular formula is C13H18N2O2. The van der Waals surface area contributed by atoms with Crippen LogP contribution in [0, 0.1) is 16.0 Å². The Labute approximate surface area is 101 Å². The van der Waals surface area contributed by atoms with Crippen LogP contribution in [-0.4, -0.2) is 11.0 Å². The van der Waals surface area contributed by atoms with Crippen LogP contribution >= 0.6 is 0 Å². The molecule has 92 valence electrons. The Morgan fingerprint density at radius 2 is 2.29 bits per heavy atom. The van der Waals surface area contributed by atoms with E-state index in [2.05, 4.69) is 12.2 Å². The highest BCUT2D eigenvalue weighted by Crippen LogP contribution is 2.25. The standard InChI is InChI=1S/C13H18N2O2/c1-10-4-2-7-13(10)14-9-11-5-3-6-12(8-11)15(16)17/h3,5-6,8,10,13-14H,2,4,7,9H2,1H3. The van der Waals surface area contributed by atoms with Gasteiger partial charge in [0.2, 0.25) is 0 Å². The van der Waals surface area contributed by atoms with Gasteiger partial charge < -0.3 is 5.32 Å². The minimum Gasteiger partial charge on any atom is -0.310 e. The smallest absolute Gasteiger partial charge is 0.269 e. The lowest BCUT2D eigenvalue weighted by molar-refractivity contribution is -0.384. The van der Waals surface area contributed by atoms with Crippen molar-refractivity contribution in [2.45, 2.75) is 38.8 Å². The van der Waals surface area contributed by atoms with Crippen molar-refractivity contribution in [3.63, 3.8) is 0 Å². The second-order valence-electron chi connectivity index (χ2n) is 4.82. The molecule has 0 saturated heterocycles. The number of hydrogen-bond donors (Lipinski definition) is 1. The summed E-state index contributed by atoms with van der Waals surface area (Å²) in [6, 6.07) is 7.41. The van der Waals surface area contributed by atoms with Crippen molar-refractivity contribution in [1.82, 2.24) is 5.32 Å². The van der Waals surface area contributed by atoms with Crippen molar-refractivity contribution >= 4 is 5.69 Å². The molecule has 2 atom stereocenters. The first kappa shape index (κ1) is 12.0. The van der Waals surface area contributed by atoms with Crippen molar-refractivity contribution in [2.75, 3.05) is 0 Å². The van der Waals surface area contributed by atoms with Crippen LogP contribution in [0.1, 0.15) is 31.7 Å². The van der Waals surface area contributed by atoms with E-state index in [0.717, 1.165) is 12.1 Å². The first-order chi connectivity index (χ1) is 8.16. The first-order valence-electron chi connectivity index (χ1n) is 6.13. The highest BCUT2D eigenvalue weighted by Gasteiger charge is 2.22. The molecule has 1 aliphatic rings. The molecule has 2 rings (SSSR count). The van der Waals surface area contributed by atoms with Gasteiger partial charge in [0.15, 0.2) is 0 Å². The average molecular weight is 234 g/mol. The topological polar surface area (TPSA) is 55.2 Å². The zero-order valence-corrected chi connectivity index (χ0v) is 10.1. The summed E-state index contributed by atoms with van der Waals surface area (Å²) in [4.78, 5) is 10.3. The predicted octanol–water partition coefficient (Wildman–Crippen LogP) is 2.87. The number of nitrogens with zero attached hydrogens (tertiary/aromatic N) is 1. The lowest BCUT2D eigenvalue weighted by Crippen LogP contribution is -2.30. The van der Waals surface area contributed by atoms with Gasteiger partial charge in [-0.1, -0.05) is 25.5 Å². The third kappa shape index (κ3) is 3.03. The molecule has 0 radical (unpaired) electrons. The van der Waals surface area contributed by atoms with Crippen LogP contribution in [0.25, 0.3) is 0 Å². The SMILES string of the molecule is CC1CCCC1NCc1cccc([N+](=O)[O-])c1. The molecule has 1 saturated carbocycles. The highest BCUT2D eigenvalue weighted by atomic mass is 16.6.